The molecule has 0 aliphatic heterocycles. The molecule has 0 radical (unpaired) electrons. The van der Waals surface area contributed by atoms with Crippen LogP contribution in [0.4, 0.5) is 0 Å². The van der Waals surface area contributed by atoms with Crippen LogP contribution in [-0.2, 0) is 0 Å². The van der Waals surface area contributed by atoms with Gasteiger partial charge in [-0.05, 0) is 18.6 Å². The summed E-state index contributed by atoms with van der Waals surface area (Å²) in [5, 5.41) is 0. The van der Waals surface area contributed by atoms with Crippen LogP contribution >= 0.6 is 0 Å². The molecular weight excluding hydrogens is 162 g/mol. The molecule has 1 rings (SSSR count). The lowest BCUT2D eigenvalue weighted by Crippen LogP contribution is -1.93. The Labute approximate surface area is 78.1 Å². The average molecular weight is 175 g/mol. The first kappa shape index (κ1) is 9.68. The second kappa shape index (κ2) is 4.58. The molecule has 0 spiro atoms. The first-order valence-electron chi connectivity index (χ1n) is 4.20. The predicted octanol–water partition coefficient (Wildman–Crippen LogP) is 1.78. The molecule has 0 unspecified atom stereocenters. The molecule has 13 heavy (non-hydrogen) atoms. The molecule has 2 nitrogen and oxygen atoms in total. The average Bonchev–Trinajstić information content (AvgIpc) is 2.16. The number of nitrogens with two attached hydrogens (primary N) is 1. The molecule has 1 aromatic rings. The van der Waals surface area contributed by atoms with Crippen molar-refractivity contribution in [1.82, 2.24) is 0 Å². The summed E-state index contributed by atoms with van der Waals surface area (Å²) in [6.07, 6.45) is 4.56. The Morgan fingerprint density at radius 3 is 2.77 bits per heavy atom. The lowest BCUT2D eigenvalue weighted by Gasteiger charge is -1.99. The van der Waals surface area contributed by atoms with E-state index in [4.69, 9.17) is 5.73 Å². The molecule has 0 aliphatic rings. The van der Waals surface area contributed by atoms with Gasteiger partial charge < -0.3 is 5.73 Å². The summed E-state index contributed by atoms with van der Waals surface area (Å²) < 4.78 is 0. The van der Waals surface area contributed by atoms with Crippen LogP contribution in [0.5, 0.6) is 0 Å². The van der Waals surface area contributed by atoms with Crippen LogP contribution in [-0.4, -0.2) is 12.8 Å². The van der Waals surface area contributed by atoms with Gasteiger partial charge >= 0.3 is 0 Å². The zero-order valence-corrected chi connectivity index (χ0v) is 7.66. The minimum absolute atomic E-state index is 0.492. The Balaban J connectivity index is 3.06. The van der Waals surface area contributed by atoms with E-state index >= 15 is 0 Å². The molecule has 0 heterocycles. The lowest BCUT2D eigenvalue weighted by molar-refractivity contribution is 0.112. The Kier molecular flexibility index (Phi) is 3.41. The molecule has 0 aliphatic carbocycles. The van der Waals surface area contributed by atoms with Crippen LogP contribution in [0.15, 0.2) is 24.3 Å². The van der Waals surface area contributed by atoms with Gasteiger partial charge in [0.1, 0.15) is 0 Å². The van der Waals surface area contributed by atoms with Crippen molar-refractivity contribution in [2.45, 2.75) is 6.92 Å². The molecule has 0 bridgehead atoms. The minimum Gasteiger partial charge on any atom is -0.327 e. The number of hydrogen-bond acceptors (Lipinski definition) is 2. The third kappa shape index (κ3) is 2.53. The van der Waals surface area contributed by atoms with Crippen molar-refractivity contribution in [3.8, 4) is 0 Å². The van der Waals surface area contributed by atoms with E-state index in [0.29, 0.717) is 12.1 Å². The first-order valence-corrected chi connectivity index (χ1v) is 4.20. The highest BCUT2D eigenvalue weighted by molar-refractivity contribution is 5.82. The number of rotatable bonds is 3. The fraction of sp³-hybridized carbons (Fsp3) is 0.182. The Hall–Kier alpha value is -1.41. The van der Waals surface area contributed by atoms with Crippen molar-refractivity contribution in [3.63, 3.8) is 0 Å². The molecule has 0 fully saturated rings. The number of aryl methyl sites for hydroxylation is 1. The van der Waals surface area contributed by atoms with E-state index in [1.807, 2.05) is 37.3 Å². The van der Waals surface area contributed by atoms with Gasteiger partial charge in [0.25, 0.3) is 0 Å². The Bertz CT molecular complexity index is 329. The Morgan fingerprint density at radius 1 is 1.38 bits per heavy atom. The van der Waals surface area contributed by atoms with E-state index in [0.717, 1.165) is 17.4 Å². The highest BCUT2D eigenvalue weighted by atomic mass is 16.1. The van der Waals surface area contributed by atoms with Crippen LogP contribution in [0.3, 0.4) is 0 Å². The number of carbonyl (C=O) groups is 1. The van der Waals surface area contributed by atoms with E-state index in [2.05, 4.69) is 0 Å². The minimum atomic E-state index is 0.492. The summed E-state index contributed by atoms with van der Waals surface area (Å²) in [4.78, 5) is 10.7. The topological polar surface area (TPSA) is 43.1 Å². The van der Waals surface area contributed by atoms with Gasteiger partial charge in [-0.25, -0.2) is 0 Å². The molecule has 0 amide bonds. The SMILES string of the molecule is Cc1ccc(C=CCN)c(C=O)c1. The molecule has 0 saturated heterocycles. The van der Waals surface area contributed by atoms with Gasteiger partial charge in [-0.3, -0.25) is 4.79 Å². The van der Waals surface area contributed by atoms with Gasteiger partial charge in [-0.1, -0.05) is 29.8 Å². The molecule has 2 N–H and O–H groups in total. The van der Waals surface area contributed by atoms with E-state index in [9.17, 15) is 4.79 Å². The number of aldehydes is 1. The van der Waals surface area contributed by atoms with Crippen LogP contribution in [0.2, 0.25) is 0 Å². The molecule has 1 aromatic carbocycles. The maximum absolute atomic E-state index is 10.7. The molecule has 0 atom stereocenters. The van der Waals surface area contributed by atoms with E-state index < -0.39 is 0 Å². The monoisotopic (exact) mass is 175 g/mol. The molecular formula is C11H13NO. The van der Waals surface area contributed by atoms with Crippen molar-refractivity contribution in [2.75, 3.05) is 6.54 Å². The van der Waals surface area contributed by atoms with Gasteiger partial charge in [0.2, 0.25) is 0 Å². The second-order valence-electron chi connectivity index (χ2n) is 2.89. The van der Waals surface area contributed by atoms with Crippen LogP contribution in [0.1, 0.15) is 21.5 Å². The largest absolute Gasteiger partial charge is 0.327 e. The van der Waals surface area contributed by atoms with Crippen LogP contribution in [0, 0.1) is 6.92 Å². The van der Waals surface area contributed by atoms with Crippen LogP contribution < -0.4 is 5.73 Å². The normalized spacial score (nSPS) is 10.6. The van der Waals surface area contributed by atoms with Gasteiger partial charge in [0, 0.05) is 12.1 Å². The maximum atomic E-state index is 10.7. The third-order valence-corrected chi connectivity index (χ3v) is 1.80. The molecule has 0 aromatic heterocycles. The van der Waals surface area contributed by atoms with Gasteiger partial charge in [0.05, 0.1) is 0 Å². The van der Waals surface area contributed by atoms with Crippen molar-refractivity contribution in [3.05, 3.63) is 41.0 Å². The summed E-state index contributed by atoms with van der Waals surface area (Å²) >= 11 is 0. The molecule has 0 saturated carbocycles. The van der Waals surface area contributed by atoms with Crippen molar-refractivity contribution < 1.29 is 4.79 Å². The zero-order valence-electron chi connectivity index (χ0n) is 7.66. The summed E-state index contributed by atoms with van der Waals surface area (Å²) in [6, 6.07) is 5.76. The summed E-state index contributed by atoms with van der Waals surface area (Å²) in [5.41, 5.74) is 8.05. The lowest BCUT2D eigenvalue weighted by atomic mass is 10.1. The third-order valence-electron chi connectivity index (χ3n) is 1.80. The highest BCUT2D eigenvalue weighted by Crippen LogP contribution is 2.11. The fourth-order valence-electron chi connectivity index (χ4n) is 1.14. The molecule has 68 valence electrons. The summed E-state index contributed by atoms with van der Waals surface area (Å²) in [7, 11) is 0. The van der Waals surface area contributed by atoms with Crippen molar-refractivity contribution >= 4 is 12.4 Å². The standard InChI is InChI=1S/C11H13NO/c1-9-4-5-10(3-2-6-12)11(7-9)8-13/h2-5,7-8H,6,12H2,1H3. The Morgan fingerprint density at radius 2 is 2.15 bits per heavy atom. The highest BCUT2D eigenvalue weighted by Gasteiger charge is 1.97. The number of hydrogen-bond donors (Lipinski definition) is 1. The number of benzene rings is 1. The first-order chi connectivity index (χ1) is 6.27. The quantitative estimate of drug-likeness (QED) is 0.711. The van der Waals surface area contributed by atoms with Crippen LogP contribution in [0.25, 0.3) is 6.08 Å². The van der Waals surface area contributed by atoms with Gasteiger partial charge in [0.15, 0.2) is 6.29 Å². The van der Waals surface area contributed by atoms with Crippen molar-refractivity contribution in [2.24, 2.45) is 5.73 Å². The van der Waals surface area contributed by atoms with E-state index in [1.165, 1.54) is 0 Å². The number of carbonyl (C=O) groups excluding carboxylic acids is 1. The maximum Gasteiger partial charge on any atom is 0.150 e. The molecule has 2 heteroatoms. The summed E-state index contributed by atoms with van der Waals surface area (Å²) in [5.74, 6) is 0. The second-order valence-corrected chi connectivity index (χ2v) is 2.89. The smallest absolute Gasteiger partial charge is 0.150 e. The zero-order chi connectivity index (χ0) is 9.68. The van der Waals surface area contributed by atoms with Gasteiger partial charge in [-0.15, -0.1) is 0 Å². The fourth-order valence-corrected chi connectivity index (χ4v) is 1.14. The van der Waals surface area contributed by atoms with Gasteiger partial charge in [-0.2, -0.15) is 0 Å². The predicted molar refractivity (Wildman–Crippen MR) is 54.7 cm³/mol. The van der Waals surface area contributed by atoms with E-state index in [-0.39, 0.29) is 0 Å². The van der Waals surface area contributed by atoms with E-state index in [1.54, 1.807) is 0 Å². The summed E-state index contributed by atoms with van der Waals surface area (Å²) in [6.45, 7) is 2.45. The van der Waals surface area contributed by atoms with Crippen molar-refractivity contribution in [1.29, 1.82) is 0 Å².